The van der Waals surface area contributed by atoms with Crippen molar-refractivity contribution < 1.29 is 68.4 Å². The molecule has 14 nitrogen and oxygen atoms in total. The molecule has 16 heteroatoms. The normalized spacial score (nSPS) is 17.5. The summed E-state index contributed by atoms with van der Waals surface area (Å²) in [6.45, 7) is -1.81. The Balaban J connectivity index is 0. The molecule has 0 aliphatic rings. The molecular weight excluding hydrogens is 370 g/mol. The zero-order chi connectivity index (χ0) is 19.0. The van der Waals surface area contributed by atoms with Gasteiger partial charge in [0, 0.05) is 0 Å². The molecule has 0 spiro atoms. The molecule has 0 aromatic heterocycles. The zero-order valence-corrected chi connectivity index (χ0v) is 13.0. The minimum atomic E-state index is -5.05. The molecule has 4 unspecified atom stereocenters. The van der Waals surface area contributed by atoms with Crippen molar-refractivity contribution in [1.82, 2.24) is 0 Å². The van der Waals surface area contributed by atoms with Crippen molar-refractivity contribution in [2.24, 2.45) is 0 Å². The third-order valence-electron chi connectivity index (χ3n) is 1.95. The lowest BCUT2D eigenvalue weighted by atomic mass is 10.0. The van der Waals surface area contributed by atoms with E-state index in [9.17, 15) is 13.9 Å². The van der Waals surface area contributed by atoms with E-state index in [0.29, 0.717) is 0 Å². The summed E-state index contributed by atoms with van der Waals surface area (Å²) in [7, 11) is -10.1. The van der Waals surface area contributed by atoms with Gasteiger partial charge >= 0.3 is 15.6 Å². The Bertz CT molecular complexity index is 420. The number of hydrogen-bond acceptors (Lipinski definition) is 10. The fourth-order valence-corrected chi connectivity index (χ4v) is 2.05. The number of carbonyl (C=O) groups excluding carboxylic acids is 1. The van der Waals surface area contributed by atoms with Crippen molar-refractivity contribution in [1.29, 1.82) is 0 Å². The highest BCUT2D eigenvalue weighted by atomic mass is 31.3. The van der Waals surface area contributed by atoms with E-state index in [-0.39, 0.29) is 0 Å². The van der Waals surface area contributed by atoms with Crippen molar-refractivity contribution in [3.8, 4) is 0 Å². The number of phosphoric acid groups is 2. The molecule has 0 fully saturated rings. The van der Waals surface area contributed by atoms with Crippen LogP contribution in [0.25, 0.3) is 0 Å². The molecule has 0 aromatic carbocycles. The van der Waals surface area contributed by atoms with Crippen LogP contribution in [0.4, 0.5) is 0 Å². The molecule has 4 atom stereocenters. The van der Waals surface area contributed by atoms with E-state index in [1.807, 2.05) is 0 Å². The van der Waals surface area contributed by atoms with E-state index in [4.69, 9.17) is 50.2 Å². The van der Waals surface area contributed by atoms with E-state index in [1.165, 1.54) is 0 Å². The van der Waals surface area contributed by atoms with Crippen LogP contribution in [0.1, 0.15) is 0 Å². The molecule has 0 saturated carbocycles. The van der Waals surface area contributed by atoms with Crippen molar-refractivity contribution in [3.05, 3.63) is 0 Å². The minimum Gasteiger partial charge on any atom is -0.394 e. The van der Waals surface area contributed by atoms with Crippen molar-refractivity contribution in [2.45, 2.75) is 24.4 Å². The van der Waals surface area contributed by atoms with Crippen LogP contribution >= 0.6 is 15.6 Å². The first kappa shape index (κ1) is 24.9. The van der Waals surface area contributed by atoms with Gasteiger partial charge in [-0.15, -0.1) is 0 Å². The fraction of sp³-hybridized carbons (Fsp3) is 0.857. The molecular formula is C7H18O14P2. The third-order valence-corrected chi connectivity index (χ3v) is 3.65. The lowest BCUT2D eigenvalue weighted by Gasteiger charge is -2.24. The maximum atomic E-state index is 10.7. The molecule has 23 heavy (non-hydrogen) atoms. The summed E-state index contributed by atoms with van der Waals surface area (Å²) in [5.74, 6) is -1.08. The van der Waals surface area contributed by atoms with E-state index in [1.54, 1.807) is 0 Å². The topological polar surface area (TPSA) is 263 Å². The molecule has 0 radical (unpaired) electrons. The number of aliphatic hydroxyl groups excluding tert-OH is 6. The number of rotatable bonds is 8. The Kier molecular flexibility index (Phi) is 11.4. The Morgan fingerprint density at radius 3 is 1.48 bits per heavy atom. The third kappa shape index (κ3) is 12.7. The van der Waals surface area contributed by atoms with Crippen LogP contribution in [0, 0.1) is 0 Å². The lowest BCUT2D eigenvalue weighted by molar-refractivity contribution is -0.149. The summed E-state index contributed by atoms with van der Waals surface area (Å²) in [6.07, 6.45) is -7.45. The largest absolute Gasteiger partial charge is 0.478 e. The van der Waals surface area contributed by atoms with Crippen LogP contribution in [0.15, 0.2) is 0 Å². The fourth-order valence-electron chi connectivity index (χ4n) is 0.945. The number of hydrogen-bond donors (Lipinski definition) is 10. The van der Waals surface area contributed by atoms with Crippen LogP contribution < -0.4 is 0 Å². The second-order valence-electron chi connectivity index (χ2n) is 3.86. The molecule has 0 aromatic rings. The van der Waals surface area contributed by atoms with E-state index in [0.717, 1.165) is 0 Å². The average molecular weight is 388 g/mol. The summed E-state index contributed by atoms with van der Waals surface area (Å²) in [5, 5.41) is 52.7. The van der Waals surface area contributed by atoms with Crippen LogP contribution in [-0.2, 0) is 18.2 Å². The van der Waals surface area contributed by atoms with Gasteiger partial charge in [-0.3, -0.25) is 4.79 Å². The van der Waals surface area contributed by atoms with Gasteiger partial charge in [0.2, 0.25) is 0 Å². The average Bonchev–Trinajstić information content (AvgIpc) is 2.39. The van der Waals surface area contributed by atoms with Gasteiger partial charge in [0.15, 0.2) is 5.78 Å². The van der Waals surface area contributed by atoms with Crippen molar-refractivity contribution in [2.75, 3.05) is 13.2 Å². The van der Waals surface area contributed by atoms with Crippen molar-refractivity contribution in [3.63, 3.8) is 0 Å². The molecule has 10 N–H and O–H groups in total. The lowest BCUT2D eigenvalue weighted by Crippen LogP contribution is -2.49. The first-order valence-electron chi connectivity index (χ1n) is 5.45. The molecule has 0 aliphatic carbocycles. The molecule has 140 valence electrons. The van der Waals surface area contributed by atoms with Gasteiger partial charge in [-0.1, -0.05) is 0 Å². The van der Waals surface area contributed by atoms with Gasteiger partial charge < -0.3 is 50.2 Å². The molecule has 0 heterocycles. The number of carbonyl (C=O) groups is 1. The molecule has 0 saturated heterocycles. The van der Waals surface area contributed by atoms with Gasteiger partial charge in [0.1, 0.15) is 31.0 Å². The van der Waals surface area contributed by atoms with E-state index < -0.39 is 59.1 Å². The first-order chi connectivity index (χ1) is 10.2. The van der Waals surface area contributed by atoms with Gasteiger partial charge in [-0.05, 0) is 0 Å². The van der Waals surface area contributed by atoms with Crippen LogP contribution in [0.3, 0.4) is 0 Å². The highest BCUT2D eigenvalue weighted by molar-refractivity contribution is 7.60. The van der Waals surface area contributed by atoms with Gasteiger partial charge in [0.05, 0.1) is 6.61 Å². The molecule has 0 bridgehead atoms. The quantitative estimate of drug-likeness (QED) is 0.175. The first-order valence-corrected chi connectivity index (χ1v) is 8.51. The number of ketones is 1. The molecule has 0 aliphatic heterocycles. The second kappa shape index (κ2) is 10.5. The maximum absolute atomic E-state index is 10.7. The predicted molar refractivity (Wildman–Crippen MR) is 68.4 cm³/mol. The summed E-state index contributed by atoms with van der Waals surface area (Å²) in [5.41, 5.74) is 0. The van der Waals surface area contributed by atoms with Crippen LogP contribution in [0.2, 0.25) is 0 Å². The van der Waals surface area contributed by atoms with Gasteiger partial charge in [-0.2, -0.15) is 4.31 Å². The standard InChI is InChI=1S/C7H14O7.H4O7P2/c8-1-3(10)5(12)7(14)6(13)4(11)2-9;1-8(2,3)7-9(4,5)6/h3,5-10,12-14H,1-2H2;(H2,1,2,3)(H2,4,5,6). The summed E-state index contributed by atoms with van der Waals surface area (Å²) < 4.78 is 22.2. The highest BCUT2D eigenvalue weighted by Crippen LogP contribution is 2.53. The SMILES string of the molecule is O=C(CO)C(O)C(O)C(O)C(O)CO.O=P(O)(O)OP(=O)(O)O. The Morgan fingerprint density at radius 2 is 1.26 bits per heavy atom. The van der Waals surface area contributed by atoms with Crippen LogP contribution in [0.5, 0.6) is 0 Å². The smallest absolute Gasteiger partial charge is 0.394 e. The summed E-state index contributed by atoms with van der Waals surface area (Å²) >= 11 is 0. The van der Waals surface area contributed by atoms with Gasteiger partial charge in [-0.25, -0.2) is 9.13 Å². The highest BCUT2D eigenvalue weighted by Gasteiger charge is 2.33. The van der Waals surface area contributed by atoms with Crippen molar-refractivity contribution >= 4 is 21.4 Å². The van der Waals surface area contributed by atoms with Crippen LogP contribution in [-0.4, -0.2) is 93.6 Å². The van der Waals surface area contributed by atoms with E-state index >= 15 is 0 Å². The molecule has 0 amide bonds. The van der Waals surface area contributed by atoms with Gasteiger partial charge in [0.25, 0.3) is 0 Å². The number of Topliss-reactive ketones (excluding diaryl/α,β-unsaturated/α-hetero) is 1. The Hall–Kier alpha value is -0.310. The minimum absolute atomic E-state index is 0.821. The monoisotopic (exact) mass is 388 g/mol. The Morgan fingerprint density at radius 1 is 0.870 bits per heavy atom. The summed E-state index contributed by atoms with van der Waals surface area (Å²) in [6, 6.07) is 0. The number of aliphatic hydroxyl groups is 6. The Labute approximate surface area is 128 Å². The zero-order valence-electron chi connectivity index (χ0n) is 11.2. The van der Waals surface area contributed by atoms with E-state index in [2.05, 4.69) is 4.31 Å². The predicted octanol–water partition coefficient (Wildman–Crippen LogP) is -4.83. The molecule has 0 rings (SSSR count). The maximum Gasteiger partial charge on any atom is 0.478 e. The summed E-state index contributed by atoms with van der Waals surface area (Å²) in [4.78, 5) is 41.7. The second-order valence-corrected chi connectivity index (χ2v) is 6.48.